The molecule has 0 saturated carbocycles. The minimum atomic E-state index is -1.23. The maximum absolute atomic E-state index is 11.0. The molecular formula is C12H16N2O5. The quantitative estimate of drug-likeness (QED) is 0.555. The van der Waals surface area contributed by atoms with Crippen molar-refractivity contribution in [2.75, 3.05) is 5.32 Å². The first-order valence-electron chi connectivity index (χ1n) is 5.63. The number of nitrogens with zero attached hydrogens (tertiary/aromatic N) is 1. The smallest absolute Gasteiger partial charge is 0.335 e. The van der Waals surface area contributed by atoms with Gasteiger partial charge in [-0.2, -0.15) is 0 Å². The second-order valence-corrected chi connectivity index (χ2v) is 4.82. The standard InChI is InChI=1S/C12H16N2O5/c1-7(15)12(2,3)13-9-5-4-8(11(16)17)6-10(9)14(18)19/h4-7,13,15H,1-3H3,(H,16,17). The third-order valence-electron chi connectivity index (χ3n) is 2.94. The molecule has 0 aliphatic rings. The summed E-state index contributed by atoms with van der Waals surface area (Å²) in [5, 5.41) is 32.2. The summed E-state index contributed by atoms with van der Waals surface area (Å²) >= 11 is 0. The van der Waals surface area contributed by atoms with Crippen LogP contribution in [0.25, 0.3) is 0 Å². The van der Waals surface area contributed by atoms with Gasteiger partial charge in [-0.05, 0) is 32.9 Å². The van der Waals surface area contributed by atoms with Gasteiger partial charge in [-0.15, -0.1) is 0 Å². The molecule has 1 rings (SSSR count). The molecule has 0 saturated heterocycles. The second-order valence-electron chi connectivity index (χ2n) is 4.82. The molecule has 0 aliphatic heterocycles. The molecule has 1 aromatic carbocycles. The maximum atomic E-state index is 11.0. The van der Waals surface area contributed by atoms with Crippen LogP contribution < -0.4 is 5.32 Å². The van der Waals surface area contributed by atoms with Crippen molar-refractivity contribution in [2.24, 2.45) is 0 Å². The van der Waals surface area contributed by atoms with Gasteiger partial charge in [0.1, 0.15) is 5.69 Å². The van der Waals surface area contributed by atoms with Crippen molar-refractivity contribution < 1.29 is 19.9 Å². The van der Waals surface area contributed by atoms with Crippen molar-refractivity contribution in [1.29, 1.82) is 0 Å². The number of carboxylic acids is 1. The van der Waals surface area contributed by atoms with Gasteiger partial charge in [0.2, 0.25) is 0 Å². The summed E-state index contributed by atoms with van der Waals surface area (Å²) in [7, 11) is 0. The molecule has 104 valence electrons. The average Bonchev–Trinajstić information content (AvgIpc) is 2.28. The van der Waals surface area contributed by atoms with Gasteiger partial charge in [0.05, 0.1) is 22.1 Å². The van der Waals surface area contributed by atoms with Gasteiger partial charge < -0.3 is 15.5 Å². The molecule has 0 heterocycles. The summed E-state index contributed by atoms with van der Waals surface area (Å²) in [6, 6.07) is 3.59. The molecule has 19 heavy (non-hydrogen) atoms. The Morgan fingerprint density at radius 1 is 1.47 bits per heavy atom. The molecule has 0 fully saturated rings. The fourth-order valence-corrected chi connectivity index (χ4v) is 1.37. The molecule has 7 heteroatoms. The molecule has 0 aromatic heterocycles. The first-order chi connectivity index (χ1) is 8.65. The van der Waals surface area contributed by atoms with Crippen molar-refractivity contribution in [2.45, 2.75) is 32.4 Å². The van der Waals surface area contributed by atoms with E-state index < -0.39 is 22.5 Å². The van der Waals surface area contributed by atoms with Crippen LogP contribution in [0.5, 0.6) is 0 Å². The predicted molar refractivity (Wildman–Crippen MR) is 69.4 cm³/mol. The number of benzene rings is 1. The van der Waals surface area contributed by atoms with Crippen LogP contribution >= 0.6 is 0 Å². The molecule has 3 N–H and O–H groups in total. The molecule has 0 radical (unpaired) electrons. The number of hydrogen-bond acceptors (Lipinski definition) is 5. The average molecular weight is 268 g/mol. The highest BCUT2D eigenvalue weighted by atomic mass is 16.6. The number of aliphatic hydroxyl groups excluding tert-OH is 1. The minimum absolute atomic E-state index is 0.160. The van der Waals surface area contributed by atoms with Crippen molar-refractivity contribution in [3.63, 3.8) is 0 Å². The maximum Gasteiger partial charge on any atom is 0.335 e. The molecule has 0 aliphatic carbocycles. The zero-order valence-corrected chi connectivity index (χ0v) is 10.9. The first-order valence-corrected chi connectivity index (χ1v) is 5.63. The number of hydrogen-bond donors (Lipinski definition) is 3. The Morgan fingerprint density at radius 2 is 2.05 bits per heavy atom. The van der Waals surface area contributed by atoms with Gasteiger partial charge in [-0.3, -0.25) is 10.1 Å². The summed E-state index contributed by atoms with van der Waals surface area (Å²) in [6.45, 7) is 4.93. The van der Waals surface area contributed by atoms with Gasteiger partial charge in [0.25, 0.3) is 5.69 Å². The lowest BCUT2D eigenvalue weighted by atomic mass is 9.98. The summed E-state index contributed by atoms with van der Waals surface area (Å²) in [5.74, 6) is -1.23. The lowest BCUT2D eigenvalue weighted by Gasteiger charge is -2.30. The van der Waals surface area contributed by atoms with E-state index in [1.165, 1.54) is 12.1 Å². The van der Waals surface area contributed by atoms with Crippen LogP contribution in [0, 0.1) is 10.1 Å². The Balaban J connectivity index is 3.21. The Kier molecular flexibility index (Phi) is 4.10. The molecule has 7 nitrogen and oxygen atoms in total. The fraction of sp³-hybridized carbons (Fsp3) is 0.417. The highest BCUT2D eigenvalue weighted by Crippen LogP contribution is 2.29. The van der Waals surface area contributed by atoms with E-state index in [1.54, 1.807) is 20.8 Å². The van der Waals surface area contributed by atoms with Crippen LogP contribution in [0.2, 0.25) is 0 Å². The highest BCUT2D eigenvalue weighted by molar-refractivity contribution is 5.89. The SMILES string of the molecule is CC(O)C(C)(C)Nc1ccc(C(=O)O)cc1[N+](=O)[O-]. The first kappa shape index (κ1) is 14.9. The molecule has 1 unspecified atom stereocenters. The molecule has 0 bridgehead atoms. The number of nitro benzene ring substituents is 1. The van der Waals surface area contributed by atoms with E-state index in [0.717, 1.165) is 6.07 Å². The van der Waals surface area contributed by atoms with Gasteiger partial charge in [0, 0.05) is 6.07 Å². The highest BCUT2D eigenvalue weighted by Gasteiger charge is 2.27. The third kappa shape index (κ3) is 3.41. The van der Waals surface area contributed by atoms with E-state index >= 15 is 0 Å². The summed E-state index contributed by atoms with van der Waals surface area (Å²) < 4.78 is 0. The number of nitrogens with one attached hydrogen (secondary N) is 1. The van der Waals surface area contributed by atoms with Crippen LogP contribution in [0.1, 0.15) is 31.1 Å². The molecular weight excluding hydrogens is 252 g/mol. The Labute approximate surface area is 110 Å². The van der Waals surface area contributed by atoms with Crippen molar-refractivity contribution in [1.82, 2.24) is 0 Å². The van der Waals surface area contributed by atoms with Gasteiger partial charge in [-0.1, -0.05) is 0 Å². The van der Waals surface area contributed by atoms with Crippen molar-refractivity contribution >= 4 is 17.3 Å². The second kappa shape index (κ2) is 5.23. The molecule has 1 atom stereocenters. The summed E-state index contributed by atoms with van der Waals surface area (Å²) in [6.07, 6.45) is -0.744. The third-order valence-corrected chi connectivity index (χ3v) is 2.94. The Bertz CT molecular complexity index is 511. The van der Waals surface area contributed by atoms with E-state index in [2.05, 4.69) is 5.32 Å². The molecule has 0 amide bonds. The van der Waals surface area contributed by atoms with Crippen LogP contribution in [-0.2, 0) is 0 Å². The number of rotatable bonds is 5. The molecule has 1 aromatic rings. The zero-order chi connectivity index (χ0) is 14.8. The Hall–Kier alpha value is -2.15. The van der Waals surface area contributed by atoms with E-state index in [1.807, 2.05) is 0 Å². The van der Waals surface area contributed by atoms with Crippen LogP contribution in [0.15, 0.2) is 18.2 Å². The van der Waals surface area contributed by atoms with Gasteiger partial charge >= 0.3 is 5.97 Å². The number of carbonyl (C=O) groups is 1. The molecule has 0 spiro atoms. The monoisotopic (exact) mass is 268 g/mol. The fourth-order valence-electron chi connectivity index (χ4n) is 1.37. The van der Waals surface area contributed by atoms with Crippen LogP contribution in [0.4, 0.5) is 11.4 Å². The zero-order valence-electron chi connectivity index (χ0n) is 10.9. The van der Waals surface area contributed by atoms with E-state index in [9.17, 15) is 20.0 Å². The number of aliphatic hydroxyl groups is 1. The number of nitro groups is 1. The van der Waals surface area contributed by atoms with E-state index in [4.69, 9.17) is 5.11 Å². The summed E-state index contributed by atoms with van der Waals surface area (Å²) in [5.41, 5.74) is -1.11. The van der Waals surface area contributed by atoms with Crippen molar-refractivity contribution in [3.8, 4) is 0 Å². The minimum Gasteiger partial charge on any atom is -0.478 e. The number of aromatic carboxylic acids is 1. The van der Waals surface area contributed by atoms with E-state index in [-0.39, 0.29) is 16.9 Å². The van der Waals surface area contributed by atoms with Gasteiger partial charge in [0.15, 0.2) is 0 Å². The van der Waals surface area contributed by atoms with Crippen LogP contribution in [0.3, 0.4) is 0 Å². The topological polar surface area (TPSA) is 113 Å². The van der Waals surface area contributed by atoms with Gasteiger partial charge in [-0.25, -0.2) is 4.79 Å². The summed E-state index contributed by atoms with van der Waals surface area (Å²) in [4.78, 5) is 21.1. The lowest BCUT2D eigenvalue weighted by molar-refractivity contribution is -0.384. The largest absolute Gasteiger partial charge is 0.478 e. The van der Waals surface area contributed by atoms with E-state index in [0.29, 0.717) is 0 Å². The number of anilines is 1. The lowest BCUT2D eigenvalue weighted by Crippen LogP contribution is -2.42. The van der Waals surface area contributed by atoms with Crippen LogP contribution in [-0.4, -0.2) is 32.7 Å². The number of carboxylic acid groups (broad SMARTS) is 1. The van der Waals surface area contributed by atoms with Crippen molar-refractivity contribution in [3.05, 3.63) is 33.9 Å². The Morgan fingerprint density at radius 3 is 2.47 bits per heavy atom. The normalized spacial score (nSPS) is 12.8. The predicted octanol–water partition coefficient (Wildman–Crippen LogP) is 1.86.